The van der Waals surface area contributed by atoms with E-state index in [1.54, 1.807) is 24.3 Å². The smallest absolute Gasteiger partial charge is 0.480 e. The molecule has 7 N–H and O–H groups in total. The molecule has 0 fully saturated rings. The summed E-state index contributed by atoms with van der Waals surface area (Å²) >= 11 is 1.47. The Morgan fingerprint density at radius 3 is 2.03 bits per heavy atom. The lowest BCUT2D eigenvalue weighted by Crippen LogP contribution is -2.54. The van der Waals surface area contributed by atoms with Crippen LogP contribution in [0, 0.1) is 0 Å². The number of thioether (sulfide) groups is 1. The molecule has 1 aromatic carbocycles. The summed E-state index contributed by atoms with van der Waals surface area (Å²) in [5.41, 5.74) is 5.96. The summed E-state index contributed by atoms with van der Waals surface area (Å²) in [5, 5.41) is 23.8. The molecule has 0 saturated heterocycles. The number of nitrogens with one attached hydrogen (secondary N) is 3. The normalized spacial score (nSPS) is 12.3. The topological polar surface area (TPSA) is 188 Å². The first-order chi connectivity index (χ1) is 16.3. The number of halogens is 3. The second kappa shape index (κ2) is 16.3. The van der Waals surface area contributed by atoms with E-state index in [0.717, 1.165) is 5.56 Å². The Labute approximate surface area is 203 Å². The fraction of sp³-hybridized carbons (Fsp3) is 0.450. The average molecular weight is 525 g/mol. The molecule has 0 spiro atoms. The lowest BCUT2D eigenvalue weighted by molar-refractivity contribution is -0.192. The molecule has 35 heavy (non-hydrogen) atoms. The van der Waals surface area contributed by atoms with Gasteiger partial charge in [0.2, 0.25) is 17.7 Å². The third-order valence-electron chi connectivity index (χ3n) is 4.03. The summed E-state index contributed by atoms with van der Waals surface area (Å²) in [4.78, 5) is 56.2. The number of amides is 3. The van der Waals surface area contributed by atoms with E-state index in [-0.39, 0.29) is 25.9 Å². The Morgan fingerprint density at radius 2 is 1.57 bits per heavy atom. The number of hydrogen-bond donors (Lipinski definition) is 6. The van der Waals surface area contributed by atoms with Crippen molar-refractivity contribution in [3.63, 3.8) is 0 Å². The van der Waals surface area contributed by atoms with E-state index in [2.05, 4.69) is 16.0 Å². The van der Waals surface area contributed by atoms with Gasteiger partial charge < -0.3 is 31.9 Å². The number of nitrogens with two attached hydrogens (primary N) is 1. The predicted octanol–water partition coefficient (Wildman–Crippen LogP) is -0.255. The Kier molecular flexibility index (Phi) is 14.8. The number of carboxylic acids is 2. The van der Waals surface area contributed by atoms with Crippen molar-refractivity contribution in [3.8, 4) is 0 Å². The second-order valence-electron chi connectivity index (χ2n) is 6.77. The van der Waals surface area contributed by atoms with Crippen molar-refractivity contribution in [2.75, 3.05) is 25.1 Å². The van der Waals surface area contributed by atoms with Crippen LogP contribution in [-0.2, 0) is 30.4 Å². The van der Waals surface area contributed by atoms with Gasteiger partial charge in [0.05, 0.1) is 13.1 Å². The minimum atomic E-state index is -5.08. The highest BCUT2D eigenvalue weighted by atomic mass is 32.2. The molecular formula is C20H27F3N4O7S. The van der Waals surface area contributed by atoms with E-state index in [1.165, 1.54) is 11.8 Å². The van der Waals surface area contributed by atoms with Crippen molar-refractivity contribution in [1.29, 1.82) is 0 Å². The first-order valence-corrected chi connectivity index (χ1v) is 11.3. The molecule has 0 aliphatic heterocycles. The van der Waals surface area contributed by atoms with Crippen molar-refractivity contribution in [1.82, 2.24) is 16.0 Å². The molecule has 2 atom stereocenters. The van der Waals surface area contributed by atoms with Crippen molar-refractivity contribution >= 4 is 41.4 Å². The molecule has 0 bridgehead atoms. The highest BCUT2D eigenvalue weighted by molar-refractivity contribution is 7.98. The zero-order valence-corrected chi connectivity index (χ0v) is 19.4. The zero-order valence-electron chi connectivity index (χ0n) is 18.6. The van der Waals surface area contributed by atoms with Gasteiger partial charge in [-0.2, -0.15) is 24.9 Å². The van der Waals surface area contributed by atoms with Crippen LogP contribution in [0.15, 0.2) is 30.3 Å². The van der Waals surface area contributed by atoms with Gasteiger partial charge in [-0.05, 0) is 24.0 Å². The molecule has 0 heterocycles. The first-order valence-electron chi connectivity index (χ1n) is 9.94. The minimum absolute atomic E-state index is 0.179. The number of carbonyl (C=O) groups is 5. The minimum Gasteiger partial charge on any atom is -0.480 e. The maximum absolute atomic E-state index is 12.7. The van der Waals surface area contributed by atoms with Crippen LogP contribution in [0.25, 0.3) is 0 Å². The van der Waals surface area contributed by atoms with Crippen LogP contribution in [0.2, 0.25) is 0 Å². The standard InChI is InChI=1S/C18H26N4O5S.C2HF3O2/c1-28-8-7-13(18(26)27)22-17(25)14(9-12-5-3-2-4-6-12)21-16(24)11-20-15(23)10-19;3-2(4,5)1(6)7/h2-6,13-14H,7-11,19H2,1H3,(H,20,23)(H,21,24)(H,22,25)(H,26,27);(H,6,7). The first kappa shape index (κ1) is 31.7. The van der Waals surface area contributed by atoms with Crippen LogP contribution in [0.5, 0.6) is 0 Å². The lowest BCUT2D eigenvalue weighted by Gasteiger charge is -2.21. The molecule has 2 unspecified atom stereocenters. The third kappa shape index (κ3) is 14.5. The predicted molar refractivity (Wildman–Crippen MR) is 120 cm³/mol. The molecule has 196 valence electrons. The number of hydrogen-bond acceptors (Lipinski definition) is 7. The summed E-state index contributed by atoms with van der Waals surface area (Å²) in [6.07, 6.45) is -2.80. The molecule has 0 saturated carbocycles. The number of rotatable bonds is 12. The number of carbonyl (C=O) groups excluding carboxylic acids is 3. The zero-order chi connectivity index (χ0) is 27.0. The van der Waals surface area contributed by atoms with Gasteiger partial charge in [-0.1, -0.05) is 30.3 Å². The fourth-order valence-electron chi connectivity index (χ4n) is 2.32. The highest BCUT2D eigenvalue weighted by Gasteiger charge is 2.38. The van der Waals surface area contributed by atoms with E-state index >= 15 is 0 Å². The number of alkyl halides is 3. The van der Waals surface area contributed by atoms with Crippen LogP contribution in [-0.4, -0.2) is 83.2 Å². The van der Waals surface area contributed by atoms with E-state index in [1.807, 2.05) is 12.3 Å². The molecule has 11 nitrogen and oxygen atoms in total. The fourth-order valence-corrected chi connectivity index (χ4v) is 2.79. The summed E-state index contributed by atoms with van der Waals surface area (Å²) in [5.74, 6) is -5.00. The van der Waals surface area contributed by atoms with Crippen LogP contribution in [0.1, 0.15) is 12.0 Å². The number of benzene rings is 1. The van der Waals surface area contributed by atoms with Crippen molar-refractivity contribution in [2.24, 2.45) is 5.73 Å². The molecule has 0 aliphatic carbocycles. The van der Waals surface area contributed by atoms with Gasteiger partial charge in [-0.3, -0.25) is 14.4 Å². The molecule has 1 aromatic rings. The summed E-state index contributed by atoms with van der Waals surface area (Å²) < 4.78 is 31.7. The molecule has 0 radical (unpaired) electrons. The highest BCUT2D eigenvalue weighted by Crippen LogP contribution is 2.13. The van der Waals surface area contributed by atoms with E-state index in [4.69, 9.17) is 15.6 Å². The van der Waals surface area contributed by atoms with Gasteiger partial charge >= 0.3 is 18.1 Å². The van der Waals surface area contributed by atoms with Crippen molar-refractivity contribution < 1.29 is 47.4 Å². The maximum Gasteiger partial charge on any atom is 0.490 e. The number of carboxylic acid groups (broad SMARTS) is 2. The van der Waals surface area contributed by atoms with Crippen LogP contribution in [0.3, 0.4) is 0 Å². The maximum atomic E-state index is 12.7. The average Bonchev–Trinajstić information content (AvgIpc) is 2.79. The van der Waals surface area contributed by atoms with Gasteiger partial charge in [-0.15, -0.1) is 0 Å². The Morgan fingerprint density at radius 1 is 1.00 bits per heavy atom. The largest absolute Gasteiger partial charge is 0.490 e. The monoisotopic (exact) mass is 524 g/mol. The summed E-state index contributed by atoms with van der Waals surface area (Å²) in [6.45, 7) is -0.583. The second-order valence-corrected chi connectivity index (χ2v) is 7.76. The van der Waals surface area contributed by atoms with Crippen molar-refractivity contribution in [3.05, 3.63) is 35.9 Å². The molecule has 15 heteroatoms. The van der Waals surface area contributed by atoms with Crippen molar-refractivity contribution in [2.45, 2.75) is 31.1 Å². The summed E-state index contributed by atoms with van der Waals surface area (Å²) in [7, 11) is 0. The Hall–Kier alpha value is -3.33. The number of aliphatic carboxylic acids is 2. The summed E-state index contributed by atoms with van der Waals surface area (Å²) in [6, 6.07) is 6.98. The molecular weight excluding hydrogens is 497 g/mol. The van der Waals surface area contributed by atoms with Gasteiger partial charge in [0.25, 0.3) is 0 Å². The van der Waals surface area contributed by atoms with E-state index < -0.39 is 47.9 Å². The quantitative estimate of drug-likeness (QED) is 0.214. The van der Waals surface area contributed by atoms with Gasteiger partial charge in [-0.25, -0.2) is 9.59 Å². The SMILES string of the molecule is CSCCC(NC(=O)C(Cc1ccccc1)NC(=O)CNC(=O)CN)C(=O)O.O=C(O)C(F)(F)F. The lowest BCUT2D eigenvalue weighted by atomic mass is 10.0. The molecule has 0 aliphatic rings. The van der Waals surface area contributed by atoms with Gasteiger partial charge in [0.1, 0.15) is 12.1 Å². The molecule has 0 aromatic heterocycles. The van der Waals surface area contributed by atoms with Gasteiger partial charge in [0, 0.05) is 6.42 Å². The van der Waals surface area contributed by atoms with Crippen LogP contribution >= 0.6 is 11.8 Å². The van der Waals surface area contributed by atoms with Crippen LogP contribution in [0.4, 0.5) is 13.2 Å². The van der Waals surface area contributed by atoms with E-state index in [9.17, 15) is 37.5 Å². The Bertz CT molecular complexity index is 857. The molecule has 3 amide bonds. The third-order valence-corrected chi connectivity index (χ3v) is 4.68. The van der Waals surface area contributed by atoms with E-state index in [0.29, 0.717) is 5.75 Å². The molecule has 1 rings (SSSR count). The Balaban J connectivity index is 0.00000143. The van der Waals surface area contributed by atoms with Crippen LogP contribution < -0.4 is 21.7 Å². The van der Waals surface area contributed by atoms with Gasteiger partial charge in [0.15, 0.2) is 0 Å².